The maximum Gasteiger partial charge on any atom is 0.0273 e. The largest absolute Gasteiger partial charge is 0.103 e. The molecule has 1 saturated carbocycles. The first kappa shape index (κ1) is 1.36. The predicted octanol–water partition coefficient (Wildman–Crippen LogP) is 1.97. The van der Waals surface area contributed by atoms with Gasteiger partial charge >= 0.3 is 0 Å². The molecule has 1 aliphatic carbocycles. The van der Waals surface area contributed by atoms with Crippen molar-refractivity contribution in [3.8, 4) is 0 Å². The molecular formula is C6H10. The Morgan fingerprint density at radius 2 is 2.83 bits per heavy atom. The van der Waals surface area contributed by atoms with E-state index in [9.17, 15) is 0 Å². The maximum absolute atomic E-state index is 7.25. The van der Waals surface area contributed by atoms with Gasteiger partial charge in [0.25, 0.3) is 0 Å². The second-order valence-corrected chi connectivity index (χ2v) is 1.37. The van der Waals surface area contributed by atoms with Crippen LogP contribution in [-0.4, -0.2) is 0 Å². The summed E-state index contributed by atoms with van der Waals surface area (Å²) >= 11 is 0. The molecule has 0 saturated heterocycles. The monoisotopic (exact) mass is 86.1 g/mol. The van der Waals surface area contributed by atoms with Crippen molar-refractivity contribution in [2.45, 2.75) is 19.2 Å². The van der Waals surface area contributed by atoms with Crippen LogP contribution in [0.1, 0.15) is 24.6 Å². The van der Waals surface area contributed by atoms with Crippen LogP contribution in [0.3, 0.4) is 0 Å². The lowest BCUT2D eigenvalue weighted by atomic mass is 9.86. The lowest BCUT2D eigenvalue weighted by Crippen LogP contribution is -2.05. The van der Waals surface area contributed by atoms with Crippen molar-refractivity contribution >= 4 is 0 Å². The van der Waals surface area contributed by atoms with Crippen LogP contribution >= 0.6 is 0 Å². The van der Waals surface area contributed by atoms with Gasteiger partial charge in [0.2, 0.25) is 0 Å². The highest BCUT2D eigenvalue weighted by Gasteiger charge is 2.11. The summed E-state index contributed by atoms with van der Waals surface area (Å²) < 4.78 is 28.8. The van der Waals surface area contributed by atoms with Gasteiger partial charge in [-0.15, -0.1) is 6.58 Å². The Hall–Kier alpha value is -0.260. The van der Waals surface area contributed by atoms with Gasteiger partial charge in [-0.25, -0.2) is 0 Å². The molecule has 1 unspecified atom stereocenters. The van der Waals surface area contributed by atoms with Gasteiger partial charge in [-0.05, 0) is 18.7 Å². The molecule has 0 amide bonds. The van der Waals surface area contributed by atoms with Gasteiger partial charge in [0, 0.05) is 5.48 Å². The predicted molar refractivity (Wildman–Crippen MR) is 27.5 cm³/mol. The molecule has 1 rings (SSSR count). The maximum atomic E-state index is 7.25. The van der Waals surface area contributed by atoms with Gasteiger partial charge in [0.05, 0.1) is 0 Å². The Kier molecular flexibility index (Phi) is 0.331. The van der Waals surface area contributed by atoms with E-state index < -0.39 is 12.7 Å². The molecule has 0 bridgehead atoms. The smallest absolute Gasteiger partial charge is 0.0273 e. The summed E-state index contributed by atoms with van der Waals surface area (Å²) in [5.41, 5.74) is 0. The number of rotatable bonds is 1. The van der Waals surface area contributed by atoms with E-state index in [0.717, 1.165) is 0 Å². The molecule has 0 radical (unpaired) electrons. The normalized spacial score (nSPS) is 58.3. The average Bonchev–Trinajstić information content (AvgIpc) is 1.83. The van der Waals surface area contributed by atoms with Gasteiger partial charge < -0.3 is 0 Å². The van der Waals surface area contributed by atoms with E-state index >= 15 is 0 Å². The zero-order chi connectivity index (χ0) is 7.99. The number of hydrogen-bond donors (Lipinski definition) is 0. The van der Waals surface area contributed by atoms with Crippen molar-refractivity contribution < 1.29 is 5.48 Å². The SMILES string of the molecule is [2H]C1([2H])CC(C=C)C1([2H])[2H]. The van der Waals surface area contributed by atoms with Crippen LogP contribution in [0.4, 0.5) is 0 Å². The third kappa shape index (κ3) is 0.469. The number of allylic oxidation sites excluding steroid dienone is 1. The summed E-state index contributed by atoms with van der Waals surface area (Å²) in [7, 11) is 0. The molecule has 0 spiro atoms. The van der Waals surface area contributed by atoms with Gasteiger partial charge in [0.1, 0.15) is 0 Å². The van der Waals surface area contributed by atoms with Gasteiger partial charge in [-0.1, -0.05) is 12.4 Å². The summed E-state index contributed by atoms with van der Waals surface area (Å²) in [5, 5.41) is 0. The Labute approximate surface area is 44.5 Å². The van der Waals surface area contributed by atoms with E-state index in [4.69, 9.17) is 5.48 Å². The highest BCUT2D eigenvalue weighted by molar-refractivity contribution is 4.84. The second kappa shape index (κ2) is 1.46. The fourth-order valence-electron chi connectivity index (χ4n) is 0.362. The minimum atomic E-state index is -1.70. The minimum absolute atomic E-state index is 0.267. The topological polar surface area (TPSA) is 0 Å². The Bertz CT molecular complexity index is 161. The Morgan fingerprint density at radius 3 is 3.00 bits per heavy atom. The van der Waals surface area contributed by atoms with Crippen molar-refractivity contribution in [2.24, 2.45) is 5.92 Å². The zero-order valence-corrected chi connectivity index (χ0v) is 3.57. The lowest BCUT2D eigenvalue weighted by Gasteiger charge is -2.20. The highest BCUT2D eigenvalue weighted by atomic mass is 14.2. The van der Waals surface area contributed by atoms with E-state index in [-0.39, 0.29) is 12.3 Å². The Morgan fingerprint density at radius 1 is 2.00 bits per heavy atom. The number of hydrogen-bond acceptors (Lipinski definition) is 0. The molecule has 0 heteroatoms. The molecule has 0 N–H and O–H groups in total. The first-order valence-electron chi connectivity index (χ1n) is 4.04. The first-order valence-corrected chi connectivity index (χ1v) is 2.04. The van der Waals surface area contributed by atoms with E-state index in [1.807, 2.05) is 0 Å². The van der Waals surface area contributed by atoms with Gasteiger partial charge in [-0.2, -0.15) is 0 Å². The average molecular weight is 86.2 g/mol. The quantitative estimate of drug-likeness (QED) is 0.428. The molecule has 0 heterocycles. The van der Waals surface area contributed by atoms with Crippen LogP contribution in [0.5, 0.6) is 0 Å². The fraction of sp³-hybridized carbons (Fsp3) is 0.667. The molecule has 0 aromatic heterocycles. The van der Waals surface area contributed by atoms with Crippen LogP contribution in [-0.2, 0) is 0 Å². The highest BCUT2D eigenvalue weighted by Crippen LogP contribution is 2.26. The van der Waals surface area contributed by atoms with Crippen LogP contribution in [0.15, 0.2) is 12.7 Å². The van der Waals surface area contributed by atoms with Crippen LogP contribution in [0.25, 0.3) is 0 Å². The molecule has 1 atom stereocenters. The molecule has 0 aromatic carbocycles. The molecule has 0 aromatic rings. The summed E-state index contributed by atoms with van der Waals surface area (Å²) in [5.74, 6) is -0.303. The van der Waals surface area contributed by atoms with Crippen molar-refractivity contribution in [3.05, 3.63) is 12.7 Å². The van der Waals surface area contributed by atoms with Gasteiger partial charge in [-0.3, -0.25) is 0 Å². The molecule has 0 nitrogen and oxygen atoms in total. The molecule has 1 aliphatic rings. The lowest BCUT2D eigenvalue weighted by molar-refractivity contribution is 0.388. The van der Waals surface area contributed by atoms with E-state index in [1.54, 1.807) is 0 Å². The molecule has 1 fully saturated rings. The molecule has 0 aliphatic heterocycles. The zero-order valence-electron chi connectivity index (χ0n) is 7.57. The molecular weight excluding hydrogens is 72.1 g/mol. The van der Waals surface area contributed by atoms with Gasteiger partial charge in [0.15, 0.2) is 0 Å². The van der Waals surface area contributed by atoms with E-state index in [0.29, 0.717) is 0 Å². The van der Waals surface area contributed by atoms with Crippen molar-refractivity contribution in [1.82, 2.24) is 0 Å². The summed E-state index contributed by atoms with van der Waals surface area (Å²) in [4.78, 5) is 0. The minimum Gasteiger partial charge on any atom is -0.103 e. The fourth-order valence-corrected chi connectivity index (χ4v) is 0.362. The Balaban J connectivity index is 2.73. The van der Waals surface area contributed by atoms with Crippen molar-refractivity contribution in [2.75, 3.05) is 0 Å². The van der Waals surface area contributed by atoms with Crippen LogP contribution in [0.2, 0.25) is 0 Å². The first-order chi connectivity index (χ1) is 4.42. The van der Waals surface area contributed by atoms with Crippen LogP contribution < -0.4 is 0 Å². The summed E-state index contributed by atoms with van der Waals surface area (Å²) in [6, 6.07) is 0. The second-order valence-electron chi connectivity index (χ2n) is 1.37. The third-order valence-corrected chi connectivity index (χ3v) is 0.894. The van der Waals surface area contributed by atoms with Crippen LogP contribution in [0, 0.1) is 5.92 Å². The summed E-state index contributed by atoms with van der Waals surface area (Å²) in [6.07, 6.45) is -1.59. The van der Waals surface area contributed by atoms with E-state index in [1.165, 1.54) is 6.08 Å². The molecule has 6 heavy (non-hydrogen) atoms. The standard InChI is InChI=1S/C6H10/c1-2-6-4-3-5-6/h2,6H,1,3-5H2/i3D2,4D2. The third-order valence-electron chi connectivity index (χ3n) is 0.894. The van der Waals surface area contributed by atoms with Crippen molar-refractivity contribution in [3.63, 3.8) is 0 Å². The van der Waals surface area contributed by atoms with Crippen molar-refractivity contribution in [1.29, 1.82) is 0 Å². The van der Waals surface area contributed by atoms with E-state index in [2.05, 4.69) is 6.58 Å². The molecule has 34 valence electrons. The summed E-state index contributed by atoms with van der Waals surface area (Å²) in [6.45, 7) is 3.44.